The largest absolute Gasteiger partial charge is 0.477 e. The van der Waals surface area contributed by atoms with E-state index in [1.165, 1.54) is 0 Å². The third-order valence-corrected chi connectivity index (χ3v) is 4.90. The summed E-state index contributed by atoms with van der Waals surface area (Å²) in [5.41, 5.74) is 1.10. The number of morpholine rings is 1. The van der Waals surface area contributed by atoms with Crippen LogP contribution in [0.5, 0.6) is 5.75 Å². The lowest BCUT2D eigenvalue weighted by atomic mass is 10.0. The first-order valence-electron chi connectivity index (χ1n) is 9.04. The molecule has 28 heavy (non-hydrogen) atoms. The Morgan fingerprint density at radius 2 is 1.82 bits per heavy atom. The van der Waals surface area contributed by atoms with Gasteiger partial charge in [-0.15, -0.1) is 24.8 Å². The molecule has 3 heterocycles. The average molecular weight is 426 g/mol. The molecule has 4 rings (SSSR count). The van der Waals surface area contributed by atoms with E-state index in [4.69, 9.17) is 9.47 Å². The summed E-state index contributed by atoms with van der Waals surface area (Å²) in [5, 5.41) is 0. The number of pyridine rings is 1. The van der Waals surface area contributed by atoms with Gasteiger partial charge in [0.2, 0.25) is 0 Å². The summed E-state index contributed by atoms with van der Waals surface area (Å²) in [6, 6.07) is 13.7. The molecular formula is C20H25Cl2N3O3. The summed E-state index contributed by atoms with van der Waals surface area (Å²) in [7, 11) is 0. The van der Waals surface area contributed by atoms with Crippen molar-refractivity contribution >= 4 is 36.5 Å². The number of hydrogen-bond donors (Lipinski definition) is 0. The van der Waals surface area contributed by atoms with Crippen LogP contribution in [0.15, 0.2) is 48.7 Å². The number of ether oxygens (including phenoxy) is 2. The van der Waals surface area contributed by atoms with Gasteiger partial charge in [-0.3, -0.25) is 14.6 Å². The monoisotopic (exact) mass is 425 g/mol. The molecule has 1 aromatic heterocycles. The number of anilines is 1. The van der Waals surface area contributed by atoms with Crippen molar-refractivity contribution in [2.75, 3.05) is 37.7 Å². The zero-order chi connectivity index (χ0) is 17.9. The Bertz CT molecular complexity index is 772. The molecule has 1 saturated heterocycles. The Morgan fingerprint density at radius 3 is 2.54 bits per heavy atom. The molecular weight excluding hydrogens is 401 g/mol. The van der Waals surface area contributed by atoms with Crippen LogP contribution >= 0.6 is 24.8 Å². The van der Waals surface area contributed by atoms with Crippen molar-refractivity contribution < 1.29 is 14.3 Å². The van der Waals surface area contributed by atoms with Crippen molar-refractivity contribution in [2.24, 2.45) is 0 Å². The summed E-state index contributed by atoms with van der Waals surface area (Å²) in [6.45, 7) is 5.72. The van der Waals surface area contributed by atoms with Crippen LogP contribution in [-0.2, 0) is 9.53 Å². The van der Waals surface area contributed by atoms with E-state index in [0.717, 1.165) is 38.4 Å². The van der Waals surface area contributed by atoms with Crippen LogP contribution in [0.4, 0.5) is 5.82 Å². The molecule has 2 unspecified atom stereocenters. The van der Waals surface area contributed by atoms with Gasteiger partial charge in [-0.1, -0.05) is 30.3 Å². The van der Waals surface area contributed by atoms with Crippen molar-refractivity contribution in [3.05, 3.63) is 54.2 Å². The number of aromatic nitrogens is 1. The minimum atomic E-state index is -0.525. The van der Waals surface area contributed by atoms with E-state index in [2.05, 4.69) is 22.0 Å². The van der Waals surface area contributed by atoms with Gasteiger partial charge >= 0.3 is 0 Å². The average Bonchev–Trinajstić information content (AvgIpc) is 2.69. The van der Waals surface area contributed by atoms with Crippen molar-refractivity contribution in [3.8, 4) is 5.75 Å². The molecule has 0 N–H and O–H groups in total. The molecule has 0 bridgehead atoms. The summed E-state index contributed by atoms with van der Waals surface area (Å²) < 4.78 is 11.2. The quantitative estimate of drug-likeness (QED) is 0.752. The SMILES string of the molecule is CC1Oc2cccnc2N(C(CN2CCOCC2)c2ccccc2)C1=O.Cl.Cl. The van der Waals surface area contributed by atoms with E-state index >= 15 is 0 Å². The Balaban J connectivity index is 0.00000140. The van der Waals surface area contributed by atoms with Gasteiger partial charge in [0.05, 0.1) is 19.3 Å². The molecule has 6 nitrogen and oxygen atoms in total. The molecule has 0 saturated carbocycles. The standard InChI is InChI=1S/C20H23N3O3.2ClH/c1-15-20(24)23(19-18(26-15)8-5-9-21-19)17(16-6-3-2-4-7-16)14-22-10-12-25-13-11-22;;/h2-9,15,17H,10-14H2,1H3;2*1H. The first-order chi connectivity index (χ1) is 12.7. The van der Waals surface area contributed by atoms with Crippen molar-refractivity contribution in [1.82, 2.24) is 9.88 Å². The van der Waals surface area contributed by atoms with Crippen molar-refractivity contribution in [3.63, 3.8) is 0 Å². The summed E-state index contributed by atoms with van der Waals surface area (Å²) in [4.78, 5) is 21.7. The van der Waals surface area contributed by atoms with E-state index in [9.17, 15) is 4.79 Å². The second-order valence-corrected chi connectivity index (χ2v) is 6.63. The van der Waals surface area contributed by atoms with Crippen LogP contribution in [0.3, 0.4) is 0 Å². The Morgan fingerprint density at radius 1 is 1.11 bits per heavy atom. The lowest BCUT2D eigenvalue weighted by molar-refractivity contribution is -0.126. The number of carbonyl (C=O) groups is 1. The fourth-order valence-electron chi connectivity index (χ4n) is 3.54. The van der Waals surface area contributed by atoms with Gasteiger partial charge in [0.1, 0.15) is 0 Å². The summed E-state index contributed by atoms with van der Waals surface area (Å²) in [5.74, 6) is 1.19. The zero-order valence-corrected chi connectivity index (χ0v) is 17.3. The van der Waals surface area contributed by atoms with Crippen molar-refractivity contribution in [2.45, 2.75) is 19.1 Å². The highest BCUT2D eigenvalue weighted by atomic mass is 35.5. The molecule has 8 heteroatoms. The number of carbonyl (C=O) groups excluding carboxylic acids is 1. The van der Waals surface area contributed by atoms with Crippen LogP contribution in [0, 0.1) is 0 Å². The zero-order valence-electron chi connectivity index (χ0n) is 15.7. The summed E-state index contributed by atoms with van der Waals surface area (Å²) >= 11 is 0. The molecule has 0 radical (unpaired) electrons. The maximum Gasteiger partial charge on any atom is 0.269 e. The number of nitrogens with zero attached hydrogens (tertiary/aromatic N) is 3. The minimum absolute atomic E-state index is 0. The number of hydrogen-bond acceptors (Lipinski definition) is 5. The number of benzene rings is 1. The number of fused-ring (bicyclic) bond motifs is 1. The van der Waals surface area contributed by atoms with Crippen LogP contribution < -0.4 is 9.64 Å². The topological polar surface area (TPSA) is 54.9 Å². The van der Waals surface area contributed by atoms with Gasteiger partial charge < -0.3 is 9.47 Å². The third-order valence-electron chi connectivity index (χ3n) is 4.90. The van der Waals surface area contributed by atoms with Gasteiger partial charge in [0, 0.05) is 25.8 Å². The smallest absolute Gasteiger partial charge is 0.269 e. The minimum Gasteiger partial charge on any atom is -0.477 e. The number of rotatable bonds is 4. The molecule has 2 atom stereocenters. The molecule has 0 spiro atoms. The fraction of sp³-hybridized carbons (Fsp3) is 0.400. The number of halogens is 2. The van der Waals surface area contributed by atoms with E-state index in [1.807, 2.05) is 35.2 Å². The molecule has 2 aliphatic heterocycles. The van der Waals surface area contributed by atoms with Gasteiger partial charge in [-0.25, -0.2) is 4.98 Å². The molecule has 1 amide bonds. The Hall–Kier alpha value is -1.86. The van der Waals surface area contributed by atoms with Crippen LogP contribution in [0.1, 0.15) is 18.5 Å². The lowest BCUT2D eigenvalue weighted by Gasteiger charge is -2.40. The molecule has 2 aliphatic rings. The maximum atomic E-state index is 13.1. The second kappa shape index (κ2) is 10.1. The van der Waals surface area contributed by atoms with E-state index in [0.29, 0.717) is 11.6 Å². The predicted octanol–water partition coefficient (Wildman–Crippen LogP) is 3.11. The second-order valence-electron chi connectivity index (χ2n) is 6.63. The van der Waals surface area contributed by atoms with Gasteiger partial charge in [-0.2, -0.15) is 0 Å². The molecule has 2 aromatic rings. The summed E-state index contributed by atoms with van der Waals surface area (Å²) in [6.07, 6.45) is 1.18. The molecule has 152 valence electrons. The first-order valence-corrected chi connectivity index (χ1v) is 9.04. The molecule has 1 fully saturated rings. The third kappa shape index (κ3) is 4.58. The van der Waals surface area contributed by atoms with Crippen LogP contribution in [0.25, 0.3) is 0 Å². The van der Waals surface area contributed by atoms with Crippen molar-refractivity contribution in [1.29, 1.82) is 0 Å². The Labute approximate surface area is 177 Å². The number of amides is 1. The van der Waals surface area contributed by atoms with Gasteiger partial charge in [0.25, 0.3) is 5.91 Å². The molecule has 0 aliphatic carbocycles. The molecule has 1 aromatic carbocycles. The van der Waals surface area contributed by atoms with Crippen LogP contribution in [0.2, 0.25) is 0 Å². The first kappa shape index (κ1) is 22.4. The van der Waals surface area contributed by atoms with Gasteiger partial charge in [-0.05, 0) is 24.6 Å². The van der Waals surface area contributed by atoms with E-state index < -0.39 is 6.10 Å². The lowest BCUT2D eigenvalue weighted by Crippen LogP contribution is -2.50. The highest BCUT2D eigenvalue weighted by Gasteiger charge is 2.38. The van der Waals surface area contributed by atoms with Gasteiger partial charge in [0.15, 0.2) is 17.7 Å². The highest BCUT2D eigenvalue weighted by Crippen LogP contribution is 2.37. The maximum absolute atomic E-state index is 13.1. The van der Waals surface area contributed by atoms with E-state index in [-0.39, 0.29) is 36.8 Å². The Kier molecular flexibility index (Phi) is 8.07. The van der Waals surface area contributed by atoms with E-state index in [1.54, 1.807) is 13.1 Å². The fourth-order valence-corrected chi connectivity index (χ4v) is 3.54. The normalized spacial score (nSPS) is 20.2. The highest BCUT2D eigenvalue weighted by molar-refractivity contribution is 5.99. The predicted molar refractivity (Wildman–Crippen MR) is 113 cm³/mol. The van der Waals surface area contributed by atoms with Crippen LogP contribution in [-0.4, -0.2) is 54.7 Å².